The van der Waals surface area contributed by atoms with Crippen LogP contribution in [-0.4, -0.2) is 25.5 Å². The summed E-state index contributed by atoms with van der Waals surface area (Å²) in [6.45, 7) is 3.45. The summed E-state index contributed by atoms with van der Waals surface area (Å²) in [7, 11) is 1.59. The fourth-order valence-corrected chi connectivity index (χ4v) is 0.767. The number of rotatable bonds is 4. The van der Waals surface area contributed by atoms with Crippen LogP contribution in [0, 0.1) is 0 Å². The van der Waals surface area contributed by atoms with Crippen molar-refractivity contribution in [3.63, 3.8) is 0 Å². The molecule has 0 unspecified atom stereocenters. The monoisotopic (exact) mass is 186 g/mol. The number of hydrogen-bond acceptors (Lipinski definition) is 4. The summed E-state index contributed by atoms with van der Waals surface area (Å²) in [5, 5.41) is 2.66. The lowest BCUT2D eigenvalue weighted by Crippen LogP contribution is -2.26. The molecular weight excluding hydrogens is 172 g/mol. The summed E-state index contributed by atoms with van der Waals surface area (Å²) < 4.78 is 4.65. The maximum Gasteiger partial charge on any atom is 0.345 e. The Hall–Kier alpha value is -1.52. The van der Waals surface area contributed by atoms with E-state index in [-0.39, 0.29) is 12.2 Å². The third kappa shape index (κ3) is 3.14. The number of primary amides is 1. The summed E-state index contributed by atoms with van der Waals surface area (Å²) in [5.74, 6) is -1.48. The van der Waals surface area contributed by atoms with E-state index in [9.17, 15) is 9.59 Å². The number of esters is 1. The Kier molecular flexibility index (Phi) is 4.58. The molecule has 0 spiro atoms. The van der Waals surface area contributed by atoms with Gasteiger partial charge in [0.1, 0.15) is 5.57 Å². The highest BCUT2D eigenvalue weighted by Gasteiger charge is 2.19. The molecule has 0 aromatic carbocycles. The minimum Gasteiger partial charge on any atom is -0.462 e. The molecule has 0 radical (unpaired) electrons. The zero-order valence-corrected chi connectivity index (χ0v) is 8.01. The van der Waals surface area contributed by atoms with Gasteiger partial charge in [-0.2, -0.15) is 0 Å². The van der Waals surface area contributed by atoms with Crippen molar-refractivity contribution in [2.75, 3.05) is 13.7 Å². The van der Waals surface area contributed by atoms with Gasteiger partial charge in [-0.05, 0) is 13.8 Å². The van der Waals surface area contributed by atoms with Gasteiger partial charge in [0.05, 0.1) is 6.61 Å². The molecule has 0 atom stereocenters. The smallest absolute Gasteiger partial charge is 0.345 e. The number of nitrogens with two attached hydrogens (primary N) is 1. The lowest BCUT2D eigenvalue weighted by molar-refractivity contribution is -0.140. The first-order valence-electron chi connectivity index (χ1n) is 3.90. The Morgan fingerprint density at radius 1 is 1.46 bits per heavy atom. The molecule has 3 N–H and O–H groups in total. The van der Waals surface area contributed by atoms with Crippen molar-refractivity contribution in [2.24, 2.45) is 5.73 Å². The van der Waals surface area contributed by atoms with E-state index < -0.39 is 11.9 Å². The molecule has 0 fully saturated rings. The Bertz CT molecular complexity index is 246. The fourth-order valence-electron chi connectivity index (χ4n) is 0.767. The fraction of sp³-hybridized carbons (Fsp3) is 0.500. The predicted molar refractivity (Wildman–Crippen MR) is 47.6 cm³/mol. The van der Waals surface area contributed by atoms with Crippen LogP contribution < -0.4 is 11.1 Å². The molecule has 74 valence electrons. The van der Waals surface area contributed by atoms with E-state index in [1.54, 1.807) is 20.9 Å². The minimum atomic E-state index is -0.787. The van der Waals surface area contributed by atoms with E-state index in [0.717, 1.165) is 0 Å². The molecule has 0 aliphatic carbocycles. The standard InChI is InChI=1S/C8H14N2O3/c1-4-13-8(12)6(7(9)11)5(2)10-3/h10H,4H2,1-3H3,(H2,9,11)/b6-5-. The molecule has 0 bridgehead atoms. The van der Waals surface area contributed by atoms with Crippen LogP contribution in [0.3, 0.4) is 0 Å². The number of amides is 1. The summed E-state index contributed by atoms with van der Waals surface area (Å²) in [4.78, 5) is 22.0. The second-order valence-corrected chi connectivity index (χ2v) is 2.33. The SMILES string of the molecule is CCOC(=O)/C(C(N)=O)=C(/C)NC. The molecule has 0 aromatic heterocycles. The van der Waals surface area contributed by atoms with Gasteiger partial charge >= 0.3 is 5.97 Å². The molecule has 13 heavy (non-hydrogen) atoms. The highest BCUT2D eigenvalue weighted by atomic mass is 16.5. The first-order chi connectivity index (χ1) is 6.04. The number of nitrogens with one attached hydrogen (secondary N) is 1. The van der Waals surface area contributed by atoms with E-state index in [0.29, 0.717) is 5.70 Å². The summed E-state index contributed by atoms with van der Waals surface area (Å²) in [5.41, 5.74) is 5.28. The molecule has 0 aliphatic rings. The van der Waals surface area contributed by atoms with Gasteiger partial charge in [0.2, 0.25) is 0 Å². The van der Waals surface area contributed by atoms with Crippen LogP contribution in [0.2, 0.25) is 0 Å². The molecule has 0 saturated carbocycles. The highest BCUT2D eigenvalue weighted by Crippen LogP contribution is 2.02. The Morgan fingerprint density at radius 2 is 2.00 bits per heavy atom. The van der Waals surface area contributed by atoms with Crippen LogP contribution in [0.15, 0.2) is 11.3 Å². The van der Waals surface area contributed by atoms with Crippen LogP contribution in [-0.2, 0) is 14.3 Å². The molecule has 0 heterocycles. The highest BCUT2D eigenvalue weighted by molar-refractivity contribution is 6.16. The van der Waals surface area contributed by atoms with Crippen LogP contribution in [0.1, 0.15) is 13.8 Å². The average Bonchev–Trinajstić information content (AvgIpc) is 2.04. The van der Waals surface area contributed by atoms with Gasteiger partial charge < -0.3 is 15.8 Å². The van der Waals surface area contributed by atoms with Gasteiger partial charge in [-0.25, -0.2) is 4.79 Å². The molecule has 0 aliphatic heterocycles. The van der Waals surface area contributed by atoms with E-state index in [4.69, 9.17) is 5.73 Å². The van der Waals surface area contributed by atoms with Gasteiger partial charge in [-0.1, -0.05) is 0 Å². The van der Waals surface area contributed by atoms with Gasteiger partial charge in [0.15, 0.2) is 0 Å². The minimum absolute atomic E-state index is 0.135. The van der Waals surface area contributed by atoms with Crippen LogP contribution in [0.5, 0.6) is 0 Å². The van der Waals surface area contributed by atoms with E-state index in [1.807, 2.05) is 0 Å². The van der Waals surface area contributed by atoms with Crippen molar-refractivity contribution in [2.45, 2.75) is 13.8 Å². The molecule has 5 heteroatoms. The van der Waals surface area contributed by atoms with Gasteiger partial charge in [0.25, 0.3) is 5.91 Å². The summed E-state index contributed by atoms with van der Waals surface area (Å²) in [6.07, 6.45) is 0. The predicted octanol–water partition coefficient (Wildman–Crippen LogP) is -0.472. The topological polar surface area (TPSA) is 81.4 Å². The van der Waals surface area contributed by atoms with Crippen molar-refractivity contribution in [1.29, 1.82) is 0 Å². The van der Waals surface area contributed by atoms with E-state index in [2.05, 4.69) is 10.1 Å². The molecule has 0 rings (SSSR count). The normalized spacial score (nSPS) is 11.6. The second kappa shape index (κ2) is 5.18. The van der Waals surface area contributed by atoms with Gasteiger partial charge in [-0.3, -0.25) is 4.79 Å². The second-order valence-electron chi connectivity index (χ2n) is 2.33. The zero-order valence-electron chi connectivity index (χ0n) is 8.01. The van der Waals surface area contributed by atoms with Crippen molar-refractivity contribution in [3.8, 4) is 0 Å². The van der Waals surface area contributed by atoms with E-state index >= 15 is 0 Å². The third-order valence-corrected chi connectivity index (χ3v) is 1.48. The van der Waals surface area contributed by atoms with Crippen molar-refractivity contribution >= 4 is 11.9 Å². The molecule has 1 amide bonds. The first-order valence-corrected chi connectivity index (χ1v) is 3.90. The lowest BCUT2D eigenvalue weighted by atomic mass is 10.2. The molecular formula is C8H14N2O3. The largest absolute Gasteiger partial charge is 0.462 e. The Morgan fingerprint density at radius 3 is 2.31 bits per heavy atom. The zero-order chi connectivity index (χ0) is 10.4. The maximum absolute atomic E-state index is 11.2. The Balaban J connectivity index is 4.82. The molecule has 0 saturated heterocycles. The van der Waals surface area contributed by atoms with E-state index in [1.165, 1.54) is 0 Å². The van der Waals surface area contributed by atoms with Crippen LogP contribution >= 0.6 is 0 Å². The third-order valence-electron chi connectivity index (χ3n) is 1.48. The quantitative estimate of drug-likeness (QED) is 0.269. The van der Waals surface area contributed by atoms with Gasteiger partial charge in [0, 0.05) is 12.7 Å². The molecule has 5 nitrogen and oxygen atoms in total. The van der Waals surface area contributed by atoms with Crippen LogP contribution in [0.25, 0.3) is 0 Å². The number of ether oxygens (including phenoxy) is 1. The van der Waals surface area contributed by atoms with Gasteiger partial charge in [-0.15, -0.1) is 0 Å². The van der Waals surface area contributed by atoms with Crippen molar-refractivity contribution < 1.29 is 14.3 Å². The first kappa shape index (κ1) is 11.5. The molecule has 0 aromatic rings. The number of hydrogen-bond donors (Lipinski definition) is 2. The Labute approximate surface area is 76.9 Å². The lowest BCUT2D eigenvalue weighted by Gasteiger charge is -2.07. The van der Waals surface area contributed by atoms with Crippen molar-refractivity contribution in [1.82, 2.24) is 5.32 Å². The van der Waals surface area contributed by atoms with Crippen molar-refractivity contribution in [3.05, 3.63) is 11.3 Å². The number of carbonyl (C=O) groups is 2. The average molecular weight is 186 g/mol. The van der Waals surface area contributed by atoms with Crippen LogP contribution in [0.4, 0.5) is 0 Å². The summed E-state index contributed by atoms with van der Waals surface area (Å²) >= 11 is 0. The maximum atomic E-state index is 11.2. The number of carbonyl (C=O) groups excluding carboxylic acids is 2. The number of allylic oxidation sites excluding steroid dienone is 1. The summed E-state index contributed by atoms with van der Waals surface area (Å²) in [6, 6.07) is 0.